The summed E-state index contributed by atoms with van der Waals surface area (Å²) >= 11 is 1.33. The highest BCUT2D eigenvalue weighted by molar-refractivity contribution is 7.09. The quantitative estimate of drug-likeness (QED) is 0.880. The third-order valence-electron chi connectivity index (χ3n) is 4.34. The molecule has 1 aromatic carbocycles. The van der Waals surface area contributed by atoms with Crippen LogP contribution in [0.5, 0.6) is 0 Å². The van der Waals surface area contributed by atoms with Gasteiger partial charge in [0.15, 0.2) is 16.9 Å². The molecule has 4 atom stereocenters. The highest BCUT2D eigenvalue weighted by Crippen LogP contribution is 2.48. The van der Waals surface area contributed by atoms with Gasteiger partial charge in [-0.15, -0.1) is 11.3 Å². The Labute approximate surface area is 150 Å². The fraction of sp³-hybridized carbons (Fsp3) is 0.500. The molecule has 2 aliphatic rings. The molecule has 0 spiro atoms. The molecule has 2 aromatic rings. The van der Waals surface area contributed by atoms with Crippen LogP contribution in [0.4, 0.5) is 0 Å². The lowest BCUT2D eigenvalue weighted by molar-refractivity contribution is -0.285. The van der Waals surface area contributed by atoms with Gasteiger partial charge in [0.1, 0.15) is 12.2 Å². The second-order valence-electron chi connectivity index (χ2n) is 6.71. The minimum atomic E-state index is -1.62. The highest BCUT2D eigenvalue weighted by Gasteiger charge is 2.64. The first-order chi connectivity index (χ1) is 12.0. The zero-order valence-electron chi connectivity index (χ0n) is 14.1. The van der Waals surface area contributed by atoms with Crippen molar-refractivity contribution < 1.29 is 24.1 Å². The van der Waals surface area contributed by atoms with Gasteiger partial charge >= 0.3 is 0 Å². The second kappa shape index (κ2) is 6.42. The summed E-state index contributed by atoms with van der Waals surface area (Å²) in [5.41, 5.74) is 1.08. The molecule has 0 amide bonds. The van der Waals surface area contributed by atoms with Gasteiger partial charge in [-0.3, -0.25) is 0 Å². The summed E-state index contributed by atoms with van der Waals surface area (Å²) in [5, 5.41) is 13.4. The fourth-order valence-corrected chi connectivity index (χ4v) is 4.00. The molecule has 1 N–H and O–H groups in total. The van der Waals surface area contributed by atoms with Crippen LogP contribution in [0.2, 0.25) is 0 Å². The van der Waals surface area contributed by atoms with Crippen molar-refractivity contribution in [3.8, 4) is 0 Å². The SMILES string of the molecule is CC1(C)O[C@H]2[C@@H](O1)[C@](O)(c1nccs1)O[C@@H]2COCc1ccccc1. The third-order valence-corrected chi connectivity index (χ3v) is 5.22. The summed E-state index contributed by atoms with van der Waals surface area (Å²) in [4.78, 5) is 4.21. The molecule has 2 aliphatic heterocycles. The van der Waals surface area contributed by atoms with E-state index in [4.69, 9.17) is 18.9 Å². The van der Waals surface area contributed by atoms with Crippen molar-refractivity contribution in [3.05, 3.63) is 52.5 Å². The van der Waals surface area contributed by atoms with Gasteiger partial charge in [-0.2, -0.15) is 0 Å². The lowest BCUT2D eigenvalue weighted by Crippen LogP contribution is -2.40. The van der Waals surface area contributed by atoms with Crippen LogP contribution >= 0.6 is 11.3 Å². The number of aliphatic hydroxyl groups is 1. The zero-order valence-corrected chi connectivity index (χ0v) is 14.9. The van der Waals surface area contributed by atoms with E-state index >= 15 is 0 Å². The number of ether oxygens (including phenoxy) is 4. The Morgan fingerprint density at radius 1 is 1.20 bits per heavy atom. The maximum Gasteiger partial charge on any atom is 0.250 e. The van der Waals surface area contributed by atoms with Crippen molar-refractivity contribution in [3.63, 3.8) is 0 Å². The second-order valence-corrected chi connectivity index (χ2v) is 7.61. The molecule has 3 heterocycles. The van der Waals surface area contributed by atoms with E-state index in [2.05, 4.69) is 4.98 Å². The average molecular weight is 363 g/mol. The summed E-state index contributed by atoms with van der Waals surface area (Å²) < 4.78 is 23.6. The molecule has 7 heteroatoms. The minimum absolute atomic E-state index is 0.295. The molecule has 134 valence electrons. The number of rotatable bonds is 5. The van der Waals surface area contributed by atoms with Gasteiger partial charge in [0.25, 0.3) is 0 Å². The molecule has 0 radical (unpaired) electrons. The van der Waals surface area contributed by atoms with Crippen LogP contribution in [0.1, 0.15) is 24.4 Å². The molecule has 0 unspecified atom stereocenters. The molecule has 25 heavy (non-hydrogen) atoms. The Morgan fingerprint density at radius 3 is 2.72 bits per heavy atom. The molecule has 4 rings (SSSR count). The maximum atomic E-state index is 11.1. The summed E-state index contributed by atoms with van der Waals surface area (Å²) in [7, 11) is 0. The van der Waals surface area contributed by atoms with Crippen molar-refractivity contribution in [1.82, 2.24) is 4.98 Å². The Morgan fingerprint density at radius 2 is 2.00 bits per heavy atom. The largest absolute Gasteiger partial charge is 0.374 e. The van der Waals surface area contributed by atoms with Crippen LogP contribution in [0.15, 0.2) is 41.9 Å². The first-order valence-electron chi connectivity index (χ1n) is 8.25. The van der Waals surface area contributed by atoms with Gasteiger partial charge in [-0.25, -0.2) is 4.98 Å². The number of benzene rings is 1. The number of aromatic nitrogens is 1. The van der Waals surface area contributed by atoms with Crippen molar-refractivity contribution in [1.29, 1.82) is 0 Å². The summed E-state index contributed by atoms with van der Waals surface area (Å²) in [5.74, 6) is -2.41. The standard InChI is InChI=1S/C18H21NO5S/c1-17(2)23-14-13(11-21-10-12-6-4-3-5-7-12)22-18(20,15(14)24-17)16-19-8-9-25-16/h3-9,13-15,20H,10-11H2,1-2H3/t13-,14-,15-,18-/m1/s1. The monoisotopic (exact) mass is 363 g/mol. The van der Waals surface area contributed by atoms with Crippen LogP contribution in [0.3, 0.4) is 0 Å². The maximum absolute atomic E-state index is 11.1. The minimum Gasteiger partial charge on any atom is -0.374 e. The molecule has 2 saturated heterocycles. The van der Waals surface area contributed by atoms with Gasteiger partial charge in [0.05, 0.1) is 13.2 Å². The first-order valence-corrected chi connectivity index (χ1v) is 9.13. The Hall–Kier alpha value is -1.35. The molecular formula is C18H21NO5S. The van der Waals surface area contributed by atoms with Crippen LogP contribution < -0.4 is 0 Å². The number of hydrogen-bond donors (Lipinski definition) is 1. The molecule has 0 saturated carbocycles. The predicted octanol–water partition coefficient (Wildman–Crippen LogP) is 2.42. The molecule has 2 fully saturated rings. The predicted molar refractivity (Wildman–Crippen MR) is 90.8 cm³/mol. The summed E-state index contributed by atoms with van der Waals surface area (Å²) in [6.07, 6.45) is 0.138. The van der Waals surface area contributed by atoms with E-state index in [0.29, 0.717) is 18.2 Å². The van der Waals surface area contributed by atoms with Crippen molar-refractivity contribution in [2.45, 2.75) is 50.3 Å². The topological polar surface area (TPSA) is 70.0 Å². The number of thiazole rings is 1. The smallest absolute Gasteiger partial charge is 0.250 e. The van der Waals surface area contributed by atoms with Crippen LogP contribution in [0.25, 0.3) is 0 Å². The average Bonchev–Trinajstić information content (AvgIpc) is 3.27. The lowest BCUT2D eigenvalue weighted by Gasteiger charge is -2.28. The van der Waals surface area contributed by atoms with Gasteiger partial charge in [-0.05, 0) is 19.4 Å². The van der Waals surface area contributed by atoms with Gasteiger partial charge in [-0.1, -0.05) is 30.3 Å². The lowest BCUT2D eigenvalue weighted by atomic mass is 10.1. The molecular weight excluding hydrogens is 342 g/mol. The van der Waals surface area contributed by atoms with E-state index in [1.807, 2.05) is 44.2 Å². The van der Waals surface area contributed by atoms with E-state index in [1.54, 1.807) is 11.6 Å². The fourth-order valence-electron chi connectivity index (χ4n) is 3.30. The van der Waals surface area contributed by atoms with Crippen molar-refractivity contribution in [2.75, 3.05) is 6.61 Å². The molecule has 6 nitrogen and oxygen atoms in total. The molecule has 1 aromatic heterocycles. The summed E-state index contributed by atoms with van der Waals surface area (Å²) in [6, 6.07) is 9.91. The van der Waals surface area contributed by atoms with Crippen LogP contribution in [0, 0.1) is 0 Å². The number of nitrogens with zero attached hydrogens (tertiary/aromatic N) is 1. The van der Waals surface area contributed by atoms with Crippen molar-refractivity contribution in [2.24, 2.45) is 0 Å². The van der Waals surface area contributed by atoms with E-state index in [0.717, 1.165) is 5.56 Å². The molecule has 0 bridgehead atoms. The van der Waals surface area contributed by atoms with Crippen molar-refractivity contribution >= 4 is 11.3 Å². The number of fused-ring (bicyclic) bond motifs is 1. The van der Waals surface area contributed by atoms with E-state index in [1.165, 1.54) is 11.3 Å². The van der Waals surface area contributed by atoms with Gasteiger partial charge < -0.3 is 24.1 Å². The van der Waals surface area contributed by atoms with Gasteiger partial charge in [0, 0.05) is 11.6 Å². The number of hydrogen-bond acceptors (Lipinski definition) is 7. The first kappa shape index (κ1) is 17.1. The van der Waals surface area contributed by atoms with E-state index in [-0.39, 0.29) is 0 Å². The van der Waals surface area contributed by atoms with Crippen LogP contribution in [-0.4, -0.2) is 40.8 Å². The Balaban J connectivity index is 1.49. The van der Waals surface area contributed by atoms with E-state index in [9.17, 15) is 5.11 Å². The summed E-state index contributed by atoms with van der Waals surface area (Å²) in [6.45, 7) is 4.42. The van der Waals surface area contributed by atoms with Gasteiger partial charge in [0.2, 0.25) is 5.79 Å². The molecule has 0 aliphatic carbocycles. The third kappa shape index (κ3) is 3.23. The highest BCUT2D eigenvalue weighted by atomic mass is 32.1. The zero-order chi connectivity index (χ0) is 17.5. The normalized spacial score (nSPS) is 33.5. The van der Waals surface area contributed by atoms with Crippen LogP contribution in [-0.2, 0) is 31.3 Å². The Kier molecular flexibility index (Phi) is 4.39. The Bertz CT molecular complexity index is 708. The van der Waals surface area contributed by atoms with E-state index < -0.39 is 29.9 Å².